The molecule has 0 fully saturated rings. The number of nitrogens with one attached hydrogen (secondary N) is 3. The van der Waals surface area contributed by atoms with Gasteiger partial charge in [0, 0.05) is 53.2 Å². The Bertz CT molecular complexity index is 1500. The summed E-state index contributed by atoms with van der Waals surface area (Å²) < 4.78 is 5.69. The van der Waals surface area contributed by atoms with Crippen molar-refractivity contribution in [3.63, 3.8) is 0 Å². The number of ether oxygens (including phenoxy) is 1. The van der Waals surface area contributed by atoms with Crippen LogP contribution < -0.4 is 10.6 Å². The van der Waals surface area contributed by atoms with Gasteiger partial charge in [0.05, 0.1) is 30.1 Å². The number of H-pyrrole nitrogens is 1. The largest absolute Gasteiger partial charge is 0.381 e. The first-order valence-corrected chi connectivity index (χ1v) is 11.9. The minimum absolute atomic E-state index is 0.471. The van der Waals surface area contributed by atoms with Gasteiger partial charge in [-0.3, -0.25) is 10.1 Å². The van der Waals surface area contributed by atoms with Gasteiger partial charge in [-0.25, -0.2) is 9.97 Å². The van der Waals surface area contributed by atoms with Crippen molar-refractivity contribution in [1.82, 2.24) is 25.1 Å². The molecule has 0 bridgehead atoms. The molecule has 9 heteroatoms. The number of aromatic nitrogens is 5. The number of anilines is 3. The van der Waals surface area contributed by atoms with E-state index in [1.54, 1.807) is 18.6 Å². The normalized spacial score (nSPS) is 12.4. The van der Waals surface area contributed by atoms with E-state index in [0.29, 0.717) is 30.6 Å². The second kappa shape index (κ2) is 9.77. The van der Waals surface area contributed by atoms with Crippen molar-refractivity contribution in [3.8, 4) is 22.5 Å². The van der Waals surface area contributed by atoms with E-state index < -0.39 is 0 Å². The third-order valence-corrected chi connectivity index (χ3v) is 6.14. The van der Waals surface area contributed by atoms with Gasteiger partial charge in [-0.2, -0.15) is 5.10 Å². The molecule has 0 saturated heterocycles. The zero-order chi connectivity index (χ0) is 24.3. The summed E-state index contributed by atoms with van der Waals surface area (Å²) in [7, 11) is 0. The first kappa shape index (κ1) is 22.2. The maximum absolute atomic E-state index is 6.06. The summed E-state index contributed by atoms with van der Waals surface area (Å²) in [6, 6.07) is 18.1. The number of halogens is 1. The molecule has 36 heavy (non-hydrogen) atoms. The van der Waals surface area contributed by atoms with Crippen molar-refractivity contribution in [2.75, 3.05) is 10.6 Å². The van der Waals surface area contributed by atoms with Crippen LogP contribution in [-0.2, 0) is 24.5 Å². The van der Waals surface area contributed by atoms with Crippen molar-refractivity contribution in [2.45, 2.75) is 19.8 Å². The highest BCUT2D eigenvalue weighted by atomic mass is 35.5. The fourth-order valence-corrected chi connectivity index (χ4v) is 4.30. The lowest BCUT2D eigenvalue weighted by Gasteiger charge is -2.13. The van der Waals surface area contributed by atoms with E-state index in [4.69, 9.17) is 26.3 Å². The predicted molar refractivity (Wildman–Crippen MR) is 140 cm³/mol. The molecule has 0 saturated carbocycles. The first-order chi connectivity index (χ1) is 17.7. The van der Waals surface area contributed by atoms with E-state index in [9.17, 15) is 0 Å². The van der Waals surface area contributed by atoms with Gasteiger partial charge in [0.2, 0.25) is 0 Å². The lowest BCUT2D eigenvalue weighted by Crippen LogP contribution is -2.04. The molecule has 0 aliphatic carbocycles. The van der Waals surface area contributed by atoms with E-state index in [1.807, 2.05) is 48.7 Å². The second-order valence-electron chi connectivity index (χ2n) is 8.45. The number of hydrogen-bond acceptors (Lipinski definition) is 7. The van der Waals surface area contributed by atoms with Crippen LogP contribution in [0.3, 0.4) is 0 Å². The maximum Gasteiger partial charge on any atom is 0.161 e. The third kappa shape index (κ3) is 4.77. The van der Waals surface area contributed by atoms with Crippen molar-refractivity contribution >= 4 is 28.8 Å². The number of fused-ring (bicyclic) bond motifs is 1. The highest BCUT2D eigenvalue weighted by Gasteiger charge is 2.21. The van der Waals surface area contributed by atoms with Crippen molar-refractivity contribution < 1.29 is 4.74 Å². The Kier molecular flexibility index (Phi) is 6.03. The highest BCUT2D eigenvalue weighted by Crippen LogP contribution is 2.31. The van der Waals surface area contributed by atoms with Crippen LogP contribution in [0.2, 0.25) is 5.02 Å². The van der Waals surface area contributed by atoms with Gasteiger partial charge in [0.25, 0.3) is 0 Å². The maximum atomic E-state index is 6.06. The molecule has 1 aliphatic rings. The minimum Gasteiger partial charge on any atom is -0.381 e. The van der Waals surface area contributed by atoms with Crippen LogP contribution in [0, 0.1) is 0 Å². The Morgan fingerprint density at radius 2 is 1.81 bits per heavy atom. The van der Waals surface area contributed by atoms with Gasteiger partial charge >= 0.3 is 0 Å². The van der Waals surface area contributed by atoms with Crippen LogP contribution in [0.4, 0.5) is 17.2 Å². The van der Waals surface area contributed by atoms with E-state index in [1.165, 1.54) is 0 Å². The molecular weight excluding hydrogens is 474 g/mol. The summed E-state index contributed by atoms with van der Waals surface area (Å²) >= 11 is 6.06. The molecular formula is C27H22ClN7O. The molecule has 6 rings (SSSR count). The molecule has 5 aromatic rings. The Hall–Kier alpha value is -4.27. The average Bonchev–Trinajstić information content (AvgIpc) is 3.61. The average molecular weight is 496 g/mol. The molecule has 4 heterocycles. The number of benzene rings is 2. The number of pyridine rings is 1. The zero-order valence-corrected chi connectivity index (χ0v) is 20.0. The summed E-state index contributed by atoms with van der Waals surface area (Å²) in [5.41, 5.74) is 7.83. The fourth-order valence-electron chi connectivity index (χ4n) is 4.10. The van der Waals surface area contributed by atoms with Crippen molar-refractivity contribution in [3.05, 3.63) is 101 Å². The van der Waals surface area contributed by atoms with E-state index in [0.717, 1.165) is 50.7 Å². The van der Waals surface area contributed by atoms with E-state index in [2.05, 4.69) is 37.9 Å². The van der Waals surface area contributed by atoms with Crippen molar-refractivity contribution in [2.24, 2.45) is 0 Å². The highest BCUT2D eigenvalue weighted by molar-refractivity contribution is 6.30. The summed E-state index contributed by atoms with van der Waals surface area (Å²) in [6.45, 7) is 1.57. The van der Waals surface area contributed by atoms with E-state index in [-0.39, 0.29) is 0 Å². The predicted octanol–water partition coefficient (Wildman–Crippen LogP) is 5.97. The lowest BCUT2D eigenvalue weighted by molar-refractivity contribution is 0.133. The quantitative estimate of drug-likeness (QED) is 0.256. The van der Waals surface area contributed by atoms with Gasteiger partial charge in [0.15, 0.2) is 5.82 Å². The molecule has 1 aliphatic heterocycles. The monoisotopic (exact) mass is 495 g/mol. The number of aromatic amines is 1. The fraction of sp³-hybridized carbons (Fsp3) is 0.111. The molecule has 2 aromatic carbocycles. The van der Waals surface area contributed by atoms with Crippen LogP contribution in [0.15, 0.2) is 79.4 Å². The lowest BCUT2D eigenvalue weighted by atomic mass is 10.1. The van der Waals surface area contributed by atoms with Gasteiger partial charge in [-0.05, 0) is 41.5 Å². The Morgan fingerprint density at radius 3 is 2.64 bits per heavy atom. The Labute approximate surface area is 212 Å². The molecule has 0 radical (unpaired) electrons. The van der Waals surface area contributed by atoms with Crippen LogP contribution in [0.5, 0.6) is 0 Å². The van der Waals surface area contributed by atoms with E-state index >= 15 is 0 Å². The second-order valence-corrected chi connectivity index (χ2v) is 8.89. The first-order valence-electron chi connectivity index (χ1n) is 11.5. The summed E-state index contributed by atoms with van der Waals surface area (Å²) in [5.74, 6) is 1.40. The molecule has 0 atom stereocenters. The van der Waals surface area contributed by atoms with Crippen LogP contribution >= 0.6 is 11.6 Å². The molecule has 178 valence electrons. The minimum atomic E-state index is 0.471. The van der Waals surface area contributed by atoms with Gasteiger partial charge in [-0.1, -0.05) is 35.9 Å². The molecule has 0 spiro atoms. The third-order valence-electron chi connectivity index (χ3n) is 5.94. The molecule has 8 nitrogen and oxygen atoms in total. The number of hydrogen-bond donors (Lipinski definition) is 3. The topological polar surface area (TPSA) is 101 Å². The SMILES string of the molecule is Clc1cncc(CNc2cccc(-c3nc4c(c(Nc5ccc(-c6cn[nH]c6)cc5)n3)COC4)c2)c1. The number of rotatable bonds is 7. The smallest absolute Gasteiger partial charge is 0.161 e. The molecule has 0 unspecified atom stereocenters. The van der Waals surface area contributed by atoms with Gasteiger partial charge in [-0.15, -0.1) is 0 Å². The number of nitrogens with zero attached hydrogens (tertiary/aromatic N) is 4. The van der Waals surface area contributed by atoms with Gasteiger partial charge in [0.1, 0.15) is 5.82 Å². The zero-order valence-electron chi connectivity index (χ0n) is 19.2. The summed E-state index contributed by atoms with van der Waals surface area (Å²) in [5, 5.41) is 14.4. The summed E-state index contributed by atoms with van der Waals surface area (Å²) in [6.07, 6.45) is 7.10. The molecule has 0 amide bonds. The Balaban J connectivity index is 1.25. The van der Waals surface area contributed by atoms with Gasteiger partial charge < -0.3 is 15.4 Å². The van der Waals surface area contributed by atoms with Crippen LogP contribution in [-0.4, -0.2) is 25.1 Å². The summed E-state index contributed by atoms with van der Waals surface area (Å²) in [4.78, 5) is 13.8. The standard InChI is InChI=1S/C27H22ClN7O/c28-21-8-17(10-29-14-21)11-30-23-3-1-2-19(9-23)26-34-25-16-36-15-24(25)27(35-26)33-22-6-4-18(5-7-22)20-12-31-32-13-20/h1-10,12-14,30H,11,15-16H2,(H,31,32)(H,33,34,35). The van der Waals surface area contributed by atoms with Crippen LogP contribution in [0.25, 0.3) is 22.5 Å². The molecule has 3 aromatic heterocycles. The molecule has 3 N–H and O–H groups in total. The van der Waals surface area contributed by atoms with Crippen molar-refractivity contribution in [1.29, 1.82) is 0 Å². The van der Waals surface area contributed by atoms with Crippen LogP contribution in [0.1, 0.15) is 16.8 Å². The Morgan fingerprint density at radius 1 is 0.889 bits per heavy atom.